The zero-order valence-electron chi connectivity index (χ0n) is 8.54. The SMILES string of the molecule is CCC1CC(=O)c2ccc(OC)cc21. The van der Waals surface area contributed by atoms with Crippen LogP contribution in [-0.4, -0.2) is 12.9 Å². The van der Waals surface area contributed by atoms with Gasteiger partial charge in [0, 0.05) is 12.0 Å². The number of methoxy groups -OCH3 is 1. The highest BCUT2D eigenvalue weighted by Gasteiger charge is 2.28. The van der Waals surface area contributed by atoms with Crippen LogP contribution >= 0.6 is 0 Å². The molecule has 1 aliphatic carbocycles. The van der Waals surface area contributed by atoms with Crippen LogP contribution in [-0.2, 0) is 0 Å². The molecule has 1 atom stereocenters. The molecule has 1 aromatic carbocycles. The van der Waals surface area contributed by atoms with E-state index in [-0.39, 0.29) is 5.78 Å². The smallest absolute Gasteiger partial charge is 0.163 e. The quantitative estimate of drug-likeness (QED) is 0.716. The van der Waals surface area contributed by atoms with Crippen molar-refractivity contribution in [3.8, 4) is 5.75 Å². The summed E-state index contributed by atoms with van der Waals surface area (Å²) >= 11 is 0. The van der Waals surface area contributed by atoms with Gasteiger partial charge in [-0.05, 0) is 36.1 Å². The Bertz CT molecular complexity index is 369. The van der Waals surface area contributed by atoms with E-state index >= 15 is 0 Å². The summed E-state index contributed by atoms with van der Waals surface area (Å²) in [4.78, 5) is 11.6. The first-order valence-electron chi connectivity index (χ1n) is 4.97. The molecule has 0 heterocycles. The maximum Gasteiger partial charge on any atom is 0.163 e. The van der Waals surface area contributed by atoms with Gasteiger partial charge in [-0.1, -0.05) is 6.92 Å². The molecule has 2 heteroatoms. The molecule has 1 aromatic rings. The normalized spacial score (nSPS) is 19.6. The van der Waals surface area contributed by atoms with E-state index in [2.05, 4.69) is 6.92 Å². The number of carbonyl (C=O) groups is 1. The van der Waals surface area contributed by atoms with Crippen molar-refractivity contribution in [3.05, 3.63) is 29.3 Å². The highest BCUT2D eigenvalue weighted by Crippen LogP contribution is 2.37. The van der Waals surface area contributed by atoms with Gasteiger partial charge in [-0.25, -0.2) is 0 Å². The predicted octanol–water partition coefficient (Wildman–Crippen LogP) is 2.78. The highest BCUT2D eigenvalue weighted by atomic mass is 16.5. The number of carbonyl (C=O) groups excluding carboxylic acids is 1. The third kappa shape index (κ3) is 1.31. The van der Waals surface area contributed by atoms with Crippen LogP contribution in [0.25, 0.3) is 0 Å². The zero-order valence-corrected chi connectivity index (χ0v) is 8.54. The van der Waals surface area contributed by atoms with E-state index < -0.39 is 0 Å². The maximum atomic E-state index is 11.6. The van der Waals surface area contributed by atoms with Crippen molar-refractivity contribution in [1.82, 2.24) is 0 Å². The van der Waals surface area contributed by atoms with Crippen LogP contribution in [0.15, 0.2) is 18.2 Å². The summed E-state index contributed by atoms with van der Waals surface area (Å²) in [6.45, 7) is 2.12. The van der Waals surface area contributed by atoms with E-state index in [1.165, 1.54) is 0 Å². The van der Waals surface area contributed by atoms with E-state index in [4.69, 9.17) is 4.74 Å². The lowest BCUT2D eigenvalue weighted by Crippen LogP contribution is -1.92. The van der Waals surface area contributed by atoms with Crippen molar-refractivity contribution >= 4 is 5.78 Å². The molecule has 1 unspecified atom stereocenters. The Hall–Kier alpha value is -1.31. The van der Waals surface area contributed by atoms with Gasteiger partial charge in [-0.3, -0.25) is 4.79 Å². The number of ketones is 1. The second-order valence-corrected chi connectivity index (χ2v) is 3.69. The molecule has 0 saturated carbocycles. The summed E-state index contributed by atoms with van der Waals surface area (Å²) in [7, 11) is 1.65. The minimum Gasteiger partial charge on any atom is -0.497 e. The van der Waals surface area contributed by atoms with Crippen LogP contribution in [0.3, 0.4) is 0 Å². The molecule has 0 saturated heterocycles. The van der Waals surface area contributed by atoms with E-state index in [0.717, 1.165) is 23.3 Å². The van der Waals surface area contributed by atoms with Crippen molar-refractivity contribution in [1.29, 1.82) is 0 Å². The van der Waals surface area contributed by atoms with Gasteiger partial charge in [-0.15, -0.1) is 0 Å². The van der Waals surface area contributed by atoms with Gasteiger partial charge in [0.1, 0.15) is 5.75 Å². The Labute approximate surface area is 83.9 Å². The third-order valence-corrected chi connectivity index (χ3v) is 2.92. The van der Waals surface area contributed by atoms with Crippen LogP contribution < -0.4 is 4.74 Å². The molecule has 0 radical (unpaired) electrons. The number of Topliss-reactive ketones (excluding diaryl/α,β-unsaturated/α-hetero) is 1. The van der Waals surface area contributed by atoms with Gasteiger partial charge in [-0.2, -0.15) is 0 Å². The monoisotopic (exact) mass is 190 g/mol. The number of fused-ring (bicyclic) bond motifs is 1. The predicted molar refractivity (Wildman–Crippen MR) is 55.0 cm³/mol. The summed E-state index contributed by atoms with van der Waals surface area (Å²) in [5.74, 6) is 1.51. The largest absolute Gasteiger partial charge is 0.497 e. The van der Waals surface area contributed by atoms with Crippen LogP contribution in [0.5, 0.6) is 5.75 Å². The average molecular weight is 190 g/mol. The van der Waals surface area contributed by atoms with Gasteiger partial charge < -0.3 is 4.74 Å². The molecule has 0 bridgehead atoms. The summed E-state index contributed by atoms with van der Waals surface area (Å²) in [6.07, 6.45) is 1.69. The number of hydrogen-bond acceptors (Lipinski definition) is 2. The van der Waals surface area contributed by atoms with Crippen molar-refractivity contribution in [3.63, 3.8) is 0 Å². The fourth-order valence-electron chi connectivity index (χ4n) is 2.07. The number of rotatable bonds is 2. The van der Waals surface area contributed by atoms with E-state index in [9.17, 15) is 4.79 Å². The molecule has 0 amide bonds. The lowest BCUT2D eigenvalue weighted by molar-refractivity contribution is 0.0988. The molecule has 0 spiro atoms. The Morgan fingerprint density at radius 1 is 1.50 bits per heavy atom. The van der Waals surface area contributed by atoms with Crippen molar-refractivity contribution in [2.75, 3.05) is 7.11 Å². The topological polar surface area (TPSA) is 26.3 Å². The number of hydrogen-bond donors (Lipinski definition) is 0. The molecule has 2 nitrogen and oxygen atoms in total. The van der Waals surface area contributed by atoms with Gasteiger partial charge >= 0.3 is 0 Å². The average Bonchev–Trinajstić information content (AvgIpc) is 2.55. The second-order valence-electron chi connectivity index (χ2n) is 3.69. The summed E-state index contributed by atoms with van der Waals surface area (Å²) < 4.78 is 5.16. The van der Waals surface area contributed by atoms with Gasteiger partial charge in [0.15, 0.2) is 5.78 Å². The molecule has 0 fully saturated rings. The molecular weight excluding hydrogens is 176 g/mol. The fourth-order valence-corrected chi connectivity index (χ4v) is 2.07. The maximum absolute atomic E-state index is 11.6. The fraction of sp³-hybridized carbons (Fsp3) is 0.417. The zero-order chi connectivity index (χ0) is 10.1. The lowest BCUT2D eigenvalue weighted by atomic mass is 9.99. The van der Waals surface area contributed by atoms with Gasteiger partial charge in [0.25, 0.3) is 0 Å². The van der Waals surface area contributed by atoms with Crippen molar-refractivity contribution in [2.24, 2.45) is 0 Å². The second kappa shape index (κ2) is 3.45. The highest BCUT2D eigenvalue weighted by molar-refractivity contribution is 6.01. The lowest BCUT2D eigenvalue weighted by Gasteiger charge is -2.08. The standard InChI is InChI=1S/C12H14O2/c1-3-8-6-12(13)10-5-4-9(14-2)7-11(8)10/h4-5,7-8H,3,6H2,1-2H3. The summed E-state index contributed by atoms with van der Waals surface area (Å²) in [5.41, 5.74) is 2.05. The van der Waals surface area contributed by atoms with Crippen LogP contribution in [0.2, 0.25) is 0 Å². The molecule has 0 N–H and O–H groups in total. The van der Waals surface area contributed by atoms with Crippen LogP contribution in [0.1, 0.15) is 41.6 Å². The van der Waals surface area contributed by atoms with Crippen LogP contribution in [0.4, 0.5) is 0 Å². The molecule has 2 rings (SSSR count). The summed E-state index contributed by atoms with van der Waals surface area (Å²) in [6, 6.07) is 5.73. The Morgan fingerprint density at radius 3 is 2.93 bits per heavy atom. The first kappa shape index (κ1) is 9.25. The first-order chi connectivity index (χ1) is 6.76. The minimum absolute atomic E-state index is 0.273. The molecular formula is C12H14O2. The Kier molecular flexibility index (Phi) is 2.28. The van der Waals surface area contributed by atoms with Gasteiger partial charge in [0.05, 0.1) is 7.11 Å². The van der Waals surface area contributed by atoms with E-state index in [1.807, 2.05) is 18.2 Å². The summed E-state index contributed by atoms with van der Waals surface area (Å²) in [5, 5.41) is 0. The molecule has 14 heavy (non-hydrogen) atoms. The van der Waals surface area contributed by atoms with E-state index in [1.54, 1.807) is 7.11 Å². The molecule has 1 aliphatic rings. The third-order valence-electron chi connectivity index (χ3n) is 2.92. The molecule has 0 aromatic heterocycles. The number of ether oxygens (including phenoxy) is 1. The molecule has 74 valence electrons. The minimum atomic E-state index is 0.273. The van der Waals surface area contributed by atoms with E-state index in [0.29, 0.717) is 12.3 Å². The number of benzene rings is 1. The van der Waals surface area contributed by atoms with Crippen LogP contribution in [0, 0.1) is 0 Å². The van der Waals surface area contributed by atoms with Gasteiger partial charge in [0.2, 0.25) is 0 Å². The Morgan fingerprint density at radius 2 is 2.29 bits per heavy atom. The van der Waals surface area contributed by atoms with Crippen molar-refractivity contribution in [2.45, 2.75) is 25.7 Å². The first-order valence-corrected chi connectivity index (χ1v) is 4.97. The Balaban J connectivity index is 2.47. The molecule has 0 aliphatic heterocycles. The van der Waals surface area contributed by atoms with Crippen molar-refractivity contribution < 1.29 is 9.53 Å².